The fourth-order valence-corrected chi connectivity index (χ4v) is 2.83. The lowest BCUT2D eigenvalue weighted by atomic mass is 10.0. The molecule has 160 valence electrons. The van der Waals surface area contributed by atoms with Crippen LogP contribution in [0, 0.1) is 11.6 Å². The number of hydrogen-bond acceptors (Lipinski definition) is 3. The first-order chi connectivity index (χ1) is 14.6. The molecule has 2 aromatic carbocycles. The van der Waals surface area contributed by atoms with Gasteiger partial charge in [-0.1, -0.05) is 24.8 Å². The van der Waals surface area contributed by atoms with E-state index in [1.54, 1.807) is 24.3 Å². The van der Waals surface area contributed by atoms with Gasteiger partial charge in [-0.15, -0.1) is 0 Å². The number of fused-ring (bicyclic) bond motifs is 1. The lowest BCUT2D eigenvalue weighted by molar-refractivity contribution is -0.0925. The number of allylic oxidation sites excluding steroid dienone is 1. The summed E-state index contributed by atoms with van der Waals surface area (Å²) in [4.78, 5) is 7.98. The average Bonchev–Trinajstić information content (AvgIpc) is 2.71. The molecular weight excluding hydrogens is 415 g/mol. The lowest BCUT2D eigenvalue weighted by Crippen LogP contribution is -2.25. The molecule has 3 rings (SSSR count). The predicted octanol–water partition coefficient (Wildman–Crippen LogP) is 5.17. The van der Waals surface area contributed by atoms with Gasteiger partial charge in [-0.05, 0) is 29.8 Å². The normalized spacial score (nSPS) is 12.8. The Morgan fingerprint density at radius 1 is 1.13 bits per heavy atom. The minimum atomic E-state index is -4.68. The van der Waals surface area contributed by atoms with Crippen LogP contribution in [0.1, 0.15) is 5.56 Å². The molecule has 3 N–H and O–H groups in total. The zero-order valence-electron chi connectivity index (χ0n) is 16.3. The molecule has 0 bridgehead atoms. The number of benzene rings is 2. The third kappa shape index (κ3) is 4.88. The molecule has 0 amide bonds. The predicted molar refractivity (Wildman–Crippen MR) is 111 cm³/mol. The van der Waals surface area contributed by atoms with Crippen molar-refractivity contribution in [1.82, 2.24) is 10.3 Å². The summed E-state index contributed by atoms with van der Waals surface area (Å²) in [6.45, 7) is 3.81. The summed E-state index contributed by atoms with van der Waals surface area (Å²) in [5.41, 5.74) is 5.12. The summed E-state index contributed by atoms with van der Waals surface area (Å²) in [6, 6.07) is 10.1. The summed E-state index contributed by atoms with van der Waals surface area (Å²) >= 11 is 0. The van der Waals surface area contributed by atoms with Gasteiger partial charge in [-0.2, -0.15) is 13.2 Å². The molecular formula is C22H17F5N4. The third-order valence-electron chi connectivity index (χ3n) is 4.42. The largest absolute Gasteiger partial charge is 0.430 e. The van der Waals surface area contributed by atoms with E-state index in [4.69, 9.17) is 5.73 Å². The number of halogens is 5. The molecule has 0 fully saturated rings. The molecule has 0 saturated heterocycles. The number of alkyl halides is 3. The number of pyridine rings is 1. The second kappa shape index (κ2) is 8.55. The quantitative estimate of drug-likeness (QED) is 0.340. The van der Waals surface area contributed by atoms with E-state index in [1.807, 2.05) is 0 Å². The van der Waals surface area contributed by atoms with Gasteiger partial charge in [-0.3, -0.25) is 9.98 Å². The molecule has 0 unspecified atom stereocenters. The monoisotopic (exact) mass is 432 g/mol. The van der Waals surface area contributed by atoms with Gasteiger partial charge in [0.25, 0.3) is 0 Å². The summed E-state index contributed by atoms with van der Waals surface area (Å²) in [5.74, 6) is -1.53. The van der Waals surface area contributed by atoms with E-state index < -0.39 is 23.5 Å². The van der Waals surface area contributed by atoms with Crippen molar-refractivity contribution < 1.29 is 22.0 Å². The van der Waals surface area contributed by atoms with Crippen molar-refractivity contribution in [3.8, 4) is 11.1 Å². The Morgan fingerprint density at radius 2 is 1.81 bits per heavy atom. The van der Waals surface area contributed by atoms with Gasteiger partial charge in [0.2, 0.25) is 0 Å². The Morgan fingerprint density at radius 3 is 2.42 bits per heavy atom. The van der Waals surface area contributed by atoms with Crippen molar-refractivity contribution in [3.05, 3.63) is 84.2 Å². The minimum Gasteiger partial charge on any atom is -0.395 e. The molecule has 0 atom stereocenters. The highest BCUT2D eigenvalue weighted by Crippen LogP contribution is 2.28. The summed E-state index contributed by atoms with van der Waals surface area (Å²) in [5, 5.41) is 3.29. The fourth-order valence-electron chi connectivity index (χ4n) is 2.83. The first-order valence-electron chi connectivity index (χ1n) is 8.92. The van der Waals surface area contributed by atoms with E-state index in [1.165, 1.54) is 19.3 Å². The van der Waals surface area contributed by atoms with Crippen LogP contribution in [0.3, 0.4) is 0 Å². The van der Waals surface area contributed by atoms with Crippen molar-refractivity contribution in [1.29, 1.82) is 0 Å². The van der Waals surface area contributed by atoms with E-state index in [2.05, 4.69) is 21.9 Å². The molecule has 0 radical (unpaired) electrons. The van der Waals surface area contributed by atoms with Crippen LogP contribution in [-0.2, 0) is 0 Å². The molecule has 1 heterocycles. The number of aliphatic imine (C=N–C) groups is 1. The van der Waals surface area contributed by atoms with Gasteiger partial charge >= 0.3 is 6.18 Å². The van der Waals surface area contributed by atoms with Crippen molar-refractivity contribution in [3.63, 3.8) is 0 Å². The highest BCUT2D eigenvalue weighted by Gasteiger charge is 2.31. The minimum absolute atomic E-state index is 0.127. The molecule has 0 spiro atoms. The number of rotatable bonds is 4. The fraction of sp³-hybridized carbons (Fsp3) is 0.0909. The van der Waals surface area contributed by atoms with Crippen LogP contribution in [-0.4, -0.2) is 24.0 Å². The van der Waals surface area contributed by atoms with Gasteiger partial charge in [0.05, 0.1) is 11.1 Å². The zero-order valence-corrected chi connectivity index (χ0v) is 16.3. The number of aromatic nitrogens is 1. The van der Waals surface area contributed by atoms with Crippen LogP contribution in [0.4, 0.5) is 22.0 Å². The average molecular weight is 432 g/mol. The molecule has 0 aliphatic rings. The topological polar surface area (TPSA) is 63.3 Å². The molecule has 9 heteroatoms. The summed E-state index contributed by atoms with van der Waals surface area (Å²) in [6.07, 6.45) is -2.67. The van der Waals surface area contributed by atoms with E-state index in [0.29, 0.717) is 22.5 Å². The van der Waals surface area contributed by atoms with Crippen LogP contribution >= 0.6 is 0 Å². The van der Waals surface area contributed by atoms with Gasteiger partial charge in [0.15, 0.2) is 0 Å². The number of nitrogens with two attached hydrogens (primary N) is 1. The maximum atomic E-state index is 14.0. The Labute approximate surface area is 174 Å². The van der Waals surface area contributed by atoms with Gasteiger partial charge in [0, 0.05) is 36.0 Å². The number of amidine groups is 1. The molecule has 1 aromatic heterocycles. The van der Waals surface area contributed by atoms with Crippen LogP contribution < -0.4 is 11.1 Å². The first-order valence-corrected chi connectivity index (χ1v) is 8.92. The van der Waals surface area contributed by atoms with Crippen LogP contribution in [0.2, 0.25) is 0 Å². The van der Waals surface area contributed by atoms with E-state index in [0.717, 1.165) is 12.1 Å². The SMILES string of the molecule is C=C(NC(/C=C(\N)C(F)(F)F)=NC)c1ccc2cc(-c3c(F)cccc3F)cnc2c1. The highest BCUT2D eigenvalue weighted by atomic mass is 19.4. The maximum Gasteiger partial charge on any atom is 0.430 e. The second-order valence-electron chi connectivity index (χ2n) is 6.54. The molecule has 4 nitrogen and oxygen atoms in total. The van der Waals surface area contributed by atoms with E-state index in [-0.39, 0.29) is 22.7 Å². The Balaban J connectivity index is 1.88. The third-order valence-corrected chi connectivity index (χ3v) is 4.42. The number of hydrogen-bond donors (Lipinski definition) is 2. The van der Waals surface area contributed by atoms with E-state index >= 15 is 0 Å². The smallest absolute Gasteiger partial charge is 0.395 e. The second-order valence-corrected chi connectivity index (χ2v) is 6.54. The van der Waals surface area contributed by atoms with Gasteiger partial charge < -0.3 is 11.1 Å². The Kier molecular flexibility index (Phi) is 6.05. The van der Waals surface area contributed by atoms with Crippen LogP contribution in [0.15, 0.2) is 72.0 Å². The molecule has 31 heavy (non-hydrogen) atoms. The summed E-state index contributed by atoms with van der Waals surface area (Å²) < 4.78 is 66.0. The van der Waals surface area contributed by atoms with Crippen LogP contribution in [0.5, 0.6) is 0 Å². The lowest BCUT2D eigenvalue weighted by Gasteiger charge is -2.12. The van der Waals surface area contributed by atoms with E-state index in [9.17, 15) is 22.0 Å². The molecule has 3 aromatic rings. The maximum absolute atomic E-state index is 14.0. The molecule has 0 aliphatic heterocycles. The molecule has 0 saturated carbocycles. The van der Waals surface area contributed by atoms with Crippen molar-refractivity contribution in [2.24, 2.45) is 10.7 Å². The van der Waals surface area contributed by atoms with Crippen LogP contribution in [0.25, 0.3) is 27.7 Å². The molecule has 0 aliphatic carbocycles. The Bertz CT molecular complexity index is 1190. The first kappa shape index (κ1) is 21.9. The summed E-state index contributed by atoms with van der Waals surface area (Å²) in [7, 11) is 1.31. The highest BCUT2D eigenvalue weighted by molar-refractivity contribution is 5.99. The van der Waals surface area contributed by atoms with Gasteiger partial charge in [-0.25, -0.2) is 8.78 Å². The van der Waals surface area contributed by atoms with Crippen molar-refractivity contribution in [2.75, 3.05) is 7.05 Å². The van der Waals surface area contributed by atoms with Crippen molar-refractivity contribution >= 4 is 22.4 Å². The van der Waals surface area contributed by atoms with Gasteiger partial charge in [0.1, 0.15) is 23.2 Å². The zero-order chi connectivity index (χ0) is 22.8. The number of nitrogens with zero attached hydrogens (tertiary/aromatic N) is 2. The number of nitrogens with one attached hydrogen (secondary N) is 1. The Hall–Kier alpha value is -3.75. The standard InChI is InChI=1S/C22H17F5N4/c1-12(31-20(29-2)10-19(28)22(25,26)27)13-6-7-14-8-15(11-30-18(14)9-13)21-16(23)4-3-5-17(21)24/h3-11H,1,28H2,2H3,(H,29,31)/b19-10-. The van der Waals surface area contributed by atoms with Crippen molar-refractivity contribution in [2.45, 2.75) is 6.18 Å².